The van der Waals surface area contributed by atoms with E-state index in [9.17, 15) is 13.6 Å². The summed E-state index contributed by atoms with van der Waals surface area (Å²) in [4.78, 5) is 17.3. The van der Waals surface area contributed by atoms with Crippen molar-refractivity contribution in [2.24, 2.45) is 4.99 Å². The van der Waals surface area contributed by atoms with Gasteiger partial charge in [-0.25, -0.2) is 8.78 Å². The van der Waals surface area contributed by atoms with Crippen molar-refractivity contribution >= 4 is 17.4 Å². The Bertz CT molecular complexity index is 733. The number of halogens is 2. The van der Waals surface area contributed by atoms with Crippen LogP contribution in [0.15, 0.2) is 23.2 Å². The molecule has 0 unspecified atom stereocenters. The second-order valence-corrected chi connectivity index (χ2v) is 6.77. The van der Waals surface area contributed by atoms with Crippen molar-refractivity contribution in [1.29, 1.82) is 0 Å². The van der Waals surface area contributed by atoms with Crippen LogP contribution in [0.1, 0.15) is 44.1 Å². The fraction of sp³-hybridized carbons (Fsp3) is 0.500. The van der Waals surface area contributed by atoms with Crippen LogP contribution in [0.5, 0.6) is 5.75 Å². The quantitative estimate of drug-likeness (QED) is 0.763. The van der Waals surface area contributed by atoms with Gasteiger partial charge >= 0.3 is 5.97 Å². The number of rotatable bonds is 6. The molecule has 0 spiro atoms. The van der Waals surface area contributed by atoms with Crippen molar-refractivity contribution in [1.82, 2.24) is 4.90 Å². The molecule has 0 saturated carbocycles. The van der Waals surface area contributed by atoms with Crippen LogP contribution < -0.4 is 4.74 Å². The van der Waals surface area contributed by atoms with E-state index in [4.69, 9.17) is 9.84 Å². The Kier molecular flexibility index (Phi) is 6.42. The first kappa shape index (κ1) is 19.3. The molecular weight excluding hydrogens is 354 g/mol. The standard InChI is InChI=1S/C20H24F2N2O3/c21-16-12-14(13-17(22)19(16)27-11-5-7-18(25)26)15-6-4-8-23-20(15)24-9-2-1-3-10-24/h6,12-13H,1-5,7-11H2,(H,25,26). The lowest BCUT2D eigenvalue weighted by molar-refractivity contribution is -0.137. The highest BCUT2D eigenvalue weighted by Crippen LogP contribution is 2.30. The first-order valence-electron chi connectivity index (χ1n) is 9.40. The number of ether oxygens (including phenoxy) is 1. The van der Waals surface area contributed by atoms with Gasteiger partial charge in [0.15, 0.2) is 17.4 Å². The second kappa shape index (κ2) is 8.97. The Morgan fingerprint density at radius 1 is 1.19 bits per heavy atom. The van der Waals surface area contributed by atoms with Crippen LogP contribution in [0.4, 0.5) is 8.78 Å². The van der Waals surface area contributed by atoms with E-state index in [1.807, 2.05) is 6.08 Å². The first-order chi connectivity index (χ1) is 13.1. The molecular formula is C20H24F2N2O3. The summed E-state index contributed by atoms with van der Waals surface area (Å²) < 4.78 is 34.0. The second-order valence-electron chi connectivity index (χ2n) is 6.77. The lowest BCUT2D eigenvalue weighted by Crippen LogP contribution is -2.37. The number of carboxylic acid groups (broad SMARTS) is 1. The normalized spacial score (nSPS) is 17.3. The molecule has 3 rings (SSSR count). The summed E-state index contributed by atoms with van der Waals surface area (Å²) in [6, 6.07) is 2.54. The van der Waals surface area contributed by atoms with E-state index >= 15 is 0 Å². The molecule has 0 atom stereocenters. The van der Waals surface area contributed by atoms with E-state index in [2.05, 4.69) is 9.89 Å². The van der Waals surface area contributed by atoms with Gasteiger partial charge < -0.3 is 14.7 Å². The Balaban J connectivity index is 1.76. The van der Waals surface area contributed by atoms with Gasteiger partial charge in [-0.2, -0.15) is 0 Å². The van der Waals surface area contributed by atoms with Gasteiger partial charge in [0.25, 0.3) is 0 Å². The van der Waals surface area contributed by atoms with E-state index in [1.54, 1.807) is 0 Å². The number of likely N-dealkylation sites (tertiary alicyclic amines) is 1. The molecule has 1 aromatic carbocycles. The summed E-state index contributed by atoms with van der Waals surface area (Å²) in [7, 11) is 0. The summed E-state index contributed by atoms with van der Waals surface area (Å²) in [5.74, 6) is -2.19. The average Bonchev–Trinajstić information content (AvgIpc) is 2.67. The molecule has 2 aliphatic rings. The highest BCUT2D eigenvalue weighted by atomic mass is 19.1. The number of amidine groups is 1. The molecule has 2 heterocycles. The van der Waals surface area contributed by atoms with Crippen molar-refractivity contribution in [3.63, 3.8) is 0 Å². The van der Waals surface area contributed by atoms with Crippen LogP contribution >= 0.6 is 0 Å². The summed E-state index contributed by atoms with van der Waals surface area (Å²) >= 11 is 0. The summed E-state index contributed by atoms with van der Waals surface area (Å²) in [5, 5.41) is 8.61. The van der Waals surface area contributed by atoms with E-state index < -0.39 is 23.4 Å². The summed E-state index contributed by atoms with van der Waals surface area (Å²) in [5.41, 5.74) is 1.21. The molecule has 1 saturated heterocycles. The lowest BCUT2D eigenvalue weighted by Gasteiger charge is -2.32. The molecule has 27 heavy (non-hydrogen) atoms. The topological polar surface area (TPSA) is 62.1 Å². The van der Waals surface area contributed by atoms with Crippen molar-refractivity contribution in [3.05, 3.63) is 35.4 Å². The zero-order valence-electron chi connectivity index (χ0n) is 15.2. The third-order valence-electron chi connectivity index (χ3n) is 4.73. The van der Waals surface area contributed by atoms with Gasteiger partial charge in [-0.1, -0.05) is 6.08 Å². The predicted molar refractivity (Wildman–Crippen MR) is 99.0 cm³/mol. The van der Waals surface area contributed by atoms with E-state index in [0.29, 0.717) is 12.1 Å². The maximum Gasteiger partial charge on any atom is 0.303 e. The largest absolute Gasteiger partial charge is 0.488 e. The van der Waals surface area contributed by atoms with Crippen LogP contribution in [-0.4, -0.2) is 48.1 Å². The lowest BCUT2D eigenvalue weighted by atomic mass is 9.99. The van der Waals surface area contributed by atoms with Crippen molar-refractivity contribution in [3.8, 4) is 5.75 Å². The highest BCUT2D eigenvalue weighted by Gasteiger charge is 2.23. The highest BCUT2D eigenvalue weighted by molar-refractivity contribution is 6.23. The minimum Gasteiger partial charge on any atom is -0.488 e. The van der Waals surface area contributed by atoms with E-state index in [1.165, 1.54) is 18.6 Å². The maximum atomic E-state index is 14.5. The third kappa shape index (κ3) is 4.84. The average molecular weight is 378 g/mol. The molecule has 0 aromatic heterocycles. The summed E-state index contributed by atoms with van der Waals surface area (Å²) in [6.07, 6.45) is 6.19. The molecule has 146 valence electrons. The van der Waals surface area contributed by atoms with Crippen LogP contribution in [0.2, 0.25) is 0 Å². The smallest absolute Gasteiger partial charge is 0.303 e. The minimum absolute atomic E-state index is 0.0529. The molecule has 5 nitrogen and oxygen atoms in total. The molecule has 1 N–H and O–H groups in total. The fourth-order valence-electron chi connectivity index (χ4n) is 3.43. The number of hydrogen-bond acceptors (Lipinski definition) is 4. The number of dihydropyridines is 1. The molecule has 1 aromatic rings. The molecule has 2 aliphatic heterocycles. The number of carboxylic acids is 1. The van der Waals surface area contributed by atoms with Gasteiger partial charge in [-0.15, -0.1) is 0 Å². The van der Waals surface area contributed by atoms with Gasteiger partial charge in [0.2, 0.25) is 0 Å². The van der Waals surface area contributed by atoms with Gasteiger partial charge in [-0.3, -0.25) is 9.79 Å². The monoisotopic (exact) mass is 378 g/mol. The maximum absolute atomic E-state index is 14.5. The zero-order chi connectivity index (χ0) is 19.2. The molecule has 0 amide bonds. The molecule has 0 aliphatic carbocycles. The predicted octanol–water partition coefficient (Wildman–Crippen LogP) is 3.88. The first-order valence-corrected chi connectivity index (χ1v) is 9.40. The van der Waals surface area contributed by atoms with Crippen molar-refractivity contribution < 1.29 is 23.4 Å². The van der Waals surface area contributed by atoms with Crippen LogP contribution in [-0.2, 0) is 4.79 Å². The number of hydrogen-bond donors (Lipinski definition) is 1. The van der Waals surface area contributed by atoms with Crippen LogP contribution in [0.3, 0.4) is 0 Å². The van der Waals surface area contributed by atoms with Crippen LogP contribution in [0.25, 0.3) is 5.57 Å². The van der Waals surface area contributed by atoms with Gasteiger partial charge in [0.1, 0.15) is 5.84 Å². The van der Waals surface area contributed by atoms with E-state index in [-0.39, 0.29) is 19.4 Å². The Hall–Kier alpha value is -2.44. The minimum atomic E-state index is -0.969. The van der Waals surface area contributed by atoms with Gasteiger partial charge in [0.05, 0.1) is 6.61 Å². The number of carbonyl (C=O) groups is 1. The fourth-order valence-corrected chi connectivity index (χ4v) is 3.43. The van der Waals surface area contributed by atoms with E-state index in [0.717, 1.165) is 43.8 Å². The summed E-state index contributed by atoms with van der Waals surface area (Å²) in [6.45, 7) is 2.45. The number of aliphatic imine (C=N–C) groups is 1. The molecule has 1 fully saturated rings. The van der Waals surface area contributed by atoms with Crippen molar-refractivity contribution in [2.45, 2.75) is 38.5 Å². The number of piperidine rings is 1. The number of aliphatic carboxylic acids is 1. The molecule has 0 bridgehead atoms. The number of nitrogens with zero attached hydrogens (tertiary/aromatic N) is 2. The Labute approximate surface area is 157 Å². The molecule has 0 radical (unpaired) electrons. The Morgan fingerprint density at radius 2 is 1.89 bits per heavy atom. The number of benzene rings is 1. The van der Waals surface area contributed by atoms with Crippen molar-refractivity contribution in [2.75, 3.05) is 26.2 Å². The van der Waals surface area contributed by atoms with Crippen LogP contribution in [0, 0.1) is 11.6 Å². The Morgan fingerprint density at radius 3 is 2.56 bits per heavy atom. The van der Waals surface area contributed by atoms with Gasteiger partial charge in [0, 0.05) is 31.6 Å². The van der Waals surface area contributed by atoms with Gasteiger partial charge in [-0.05, 0) is 49.8 Å². The SMILES string of the molecule is O=C(O)CCCOc1c(F)cc(C2=CCCN=C2N2CCCCC2)cc1F. The molecule has 7 heteroatoms. The zero-order valence-corrected chi connectivity index (χ0v) is 15.2. The third-order valence-corrected chi connectivity index (χ3v) is 4.73.